The van der Waals surface area contributed by atoms with Crippen molar-refractivity contribution >= 4 is 21.7 Å². The summed E-state index contributed by atoms with van der Waals surface area (Å²) in [5, 5.41) is 0. The van der Waals surface area contributed by atoms with Gasteiger partial charge in [0, 0.05) is 11.6 Å². The summed E-state index contributed by atoms with van der Waals surface area (Å²) in [6.07, 6.45) is 0. The van der Waals surface area contributed by atoms with Gasteiger partial charge in [-0.25, -0.2) is 0 Å². The van der Waals surface area contributed by atoms with E-state index in [1.165, 1.54) is 14.2 Å². The van der Waals surface area contributed by atoms with Gasteiger partial charge in [-0.05, 0) is 18.2 Å². The van der Waals surface area contributed by atoms with Gasteiger partial charge in [0.25, 0.3) is 0 Å². The van der Waals surface area contributed by atoms with Crippen LogP contribution in [0.4, 0.5) is 0 Å². The van der Waals surface area contributed by atoms with Gasteiger partial charge < -0.3 is 9.47 Å². The van der Waals surface area contributed by atoms with Gasteiger partial charge in [-0.2, -0.15) is 0 Å². The third-order valence-electron chi connectivity index (χ3n) is 1.74. The second-order valence-corrected chi connectivity index (χ2v) is 3.62. The van der Waals surface area contributed by atoms with Crippen LogP contribution in [0.1, 0.15) is 10.4 Å². The number of rotatable bonds is 4. The van der Waals surface area contributed by atoms with Gasteiger partial charge in [-0.3, -0.25) is 4.79 Å². The molecular weight excluding hydrogens is 248 g/mol. The van der Waals surface area contributed by atoms with Crippen LogP contribution >= 0.6 is 15.9 Å². The molecule has 3 nitrogen and oxygen atoms in total. The molecule has 0 aliphatic carbocycles. The first-order valence-corrected chi connectivity index (χ1v) is 4.84. The van der Waals surface area contributed by atoms with E-state index in [4.69, 9.17) is 9.47 Å². The molecule has 14 heavy (non-hydrogen) atoms. The first-order chi connectivity index (χ1) is 6.69. The number of ether oxygens (including phenoxy) is 2. The van der Waals surface area contributed by atoms with Crippen molar-refractivity contribution in [3.63, 3.8) is 0 Å². The Hall–Kier alpha value is -0.870. The molecule has 0 atom stereocenters. The minimum absolute atomic E-state index is 0.0623. The Bertz CT molecular complexity index is 336. The lowest BCUT2D eigenvalue weighted by atomic mass is 10.1. The SMILES string of the molecule is COCC(=O)c1cc(Br)ccc1OC. The molecule has 0 amide bonds. The van der Waals surface area contributed by atoms with Crippen molar-refractivity contribution in [1.82, 2.24) is 0 Å². The Balaban J connectivity index is 3.03. The van der Waals surface area contributed by atoms with Crippen LogP contribution in [0.5, 0.6) is 5.75 Å². The van der Waals surface area contributed by atoms with Gasteiger partial charge in [-0.1, -0.05) is 15.9 Å². The average Bonchev–Trinajstić information content (AvgIpc) is 2.18. The van der Waals surface area contributed by atoms with Crippen molar-refractivity contribution in [2.75, 3.05) is 20.8 Å². The fourth-order valence-electron chi connectivity index (χ4n) is 1.11. The number of Topliss-reactive ketones (excluding diaryl/α,β-unsaturated/α-hetero) is 1. The van der Waals surface area contributed by atoms with E-state index in [9.17, 15) is 4.79 Å². The highest BCUT2D eigenvalue weighted by Crippen LogP contribution is 2.23. The molecule has 0 radical (unpaired) electrons. The second-order valence-electron chi connectivity index (χ2n) is 2.70. The second kappa shape index (κ2) is 5.12. The van der Waals surface area contributed by atoms with Gasteiger partial charge in [0.2, 0.25) is 0 Å². The number of carbonyl (C=O) groups excluding carboxylic acids is 1. The smallest absolute Gasteiger partial charge is 0.192 e. The van der Waals surface area contributed by atoms with Gasteiger partial charge >= 0.3 is 0 Å². The first kappa shape index (κ1) is 11.2. The minimum Gasteiger partial charge on any atom is -0.496 e. The molecular formula is C10H11BrO3. The van der Waals surface area contributed by atoms with Gasteiger partial charge in [0.1, 0.15) is 12.4 Å². The number of ketones is 1. The van der Waals surface area contributed by atoms with Crippen LogP contribution < -0.4 is 4.74 Å². The van der Waals surface area contributed by atoms with Crippen LogP contribution in [0, 0.1) is 0 Å². The summed E-state index contributed by atoms with van der Waals surface area (Å²) in [7, 11) is 3.02. The molecule has 0 aromatic heterocycles. The van der Waals surface area contributed by atoms with E-state index >= 15 is 0 Å². The van der Waals surface area contributed by atoms with E-state index in [2.05, 4.69) is 15.9 Å². The lowest BCUT2D eigenvalue weighted by Gasteiger charge is -2.07. The quantitative estimate of drug-likeness (QED) is 0.778. The van der Waals surface area contributed by atoms with Crippen LogP contribution in [-0.4, -0.2) is 26.6 Å². The van der Waals surface area contributed by atoms with Gasteiger partial charge in [-0.15, -0.1) is 0 Å². The molecule has 4 heteroatoms. The highest BCUT2D eigenvalue weighted by molar-refractivity contribution is 9.10. The highest BCUT2D eigenvalue weighted by atomic mass is 79.9. The molecule has 76 valence electrons. The summed E-state index contributed by atoms with van der Waals surface area (Å²) >= 11 is 3.30. The van der Waals surface area contributed by atoms with Crippen molar-refractivity contribution in [3.05, 3.63) is 28.2 Å². The number of hydrogen-bond donors (Lipinski definition) is 0. The molecule has 1 rings (SSSR count). The van der Waals surface area contributed by atoms with Gasteiger partial charge in [0.15, 0.2) is 5.78 Å². The molecule has 0 spiro atoms. The Morgan fingerprint density at radius 3 is 2.71 bits per heavy atom. The number of carbonyl (C=O) groups is 1. The Labute approximate surface area is 91.1 Å². The zero-order valence-corrected chi connectivity index (χ0v) is 9.63. The predicted molar refractivity (Wildman–Crippen MR) is 56.9 cm³/mol. The fraction of sp³-hybridized carbons (Fsp3) is 0.300. The monoisotopic (exact) mass is 258 g/mol. The Morgan fingerprint density at radius 2 is 2.14 bits per heavy atom. The van der Waals surface area contributed by atoms with Crippen molar-refractivity contribution in [3.8, 4) is 5.75 Å². The summed E-state index contributed by atoms with van der Waals surface area (Å²) in [5.41, 5.74) is 0.531. The predicted octanol–water partition coefficient (Wildman–Crippen LogP) is 2.29. The van der Waals surface area contributed by atoms with Crippen molar-refractivity contribution in [1.29, 1.82) is 0 Å². The van der Waals surface area contributed by atoms with E-state index in [-0.39, 0.29) is 12.4 Å². The van der Waals surface area contributed by atoms with Crippen LogP contribution in [-0.2, 0) is 4.74 Å². The topological polar surface area (TPSA) is 35.5 Å². The third kappa shape index (κ3) is 2.56. The average molecular weight is 259 g/mol. The van der Waals surface area contributed by atoms with Crippen molar-refractivity contribution < 1.29 is 14.3 Å². The lowest BCUT2D eigenvalue weighted by Crippen LogP contribution is -2.08. The summed E-state index contributed by atoms with van der Waals surface area (Å²) in [4.78, 5) is 11.6. The number of benzene rings is 1. The van der Waals surface area contributed by atoms with Crippen LogP contribution in [0.25, 0.3) is 0 Å². The molecule has 0 saturated heterocycles. The van der Waals surface area contributed by atoms with Crippen LogP contribution in [0.3, 0.4) is 0 Å². The summed E-state index contributed by atoms with van der Waals surface area (Å²) in [6, 6.07) is 5.29. The van der Waals surface area contributed by atoms with E-state index < -0.39 is 0 Å². The molecule has 0 heterocycles. The first-order valence-electron chi connectivity index (χ1n) is 4.04. The number of halogens is 1. The molecule has 0 fully saturated rings. The molecule has 0 aliphatic heterocycles. The normalized spacial score (nSPS) is 9.93. The largest absolute Gasteiger partial charge is 0.496 e. The third-order valence-corrected chi connectivity index (χ3v) is 2.23. The standard InChI is InChI=1S/C10H11BrO3/c1-13-6-9(12)8-5-7(11)3-4-10(8)14-2/h3-5H,6H2,1-2H3. The highest BCUT2D eigenvalue weighted by Gasteiger charge is 2.11. The Kier molecular flexibility index (Phi) is 4.10. The molecule has 0 saturated carbocycles. The summed E-state index contributed by atoms with van der Waals surface area (Å²) < 4.78 is 10.7. The molecule has 1 aromatic carbocycles. The fourth-order valence-corrected chi connectivity index (χ4v) is 1.47. The molecule has 1 aromatic rings. The van der Waals surface area contributed by atoms with E-state index in [0.717, 1.165) is 4.47 Å². The zero-order chi connectivity index (χ0) is 10.6. The van der Waals surface area contributed by atoms with E-state index in [1.54, 1.807) is 12.1 Å². The molecule has 0 bridgehead atoms. The van der Waals surface area contributed by atoms with Crippen molar-refractivity contribution in [2.45, 2.75) is 0 Å². The molecule has 0 unspecified atom stereocenters. The van der Waals surface area contributed by atoms with Gasteiger partial charge in [0.05, 0.1) is 12.7 Å². The summed E-state index contributed by atoms with van der Waals surface area (Å²) in [5.74, 6) is 0.473. The maximum absolute atomic E-state index is 11.6. The maximum Gasteiger partial charge on any atom is 0.192 e. The van der Waals surface area contributed by atoms with Crippen LogP contribution in [0.2, 0.25) is 0 Å². The summed E-state index contributed by atoms with van der Waals surface area (Å²) in [6.45, 7) is 0.0623. The molecule has 0 aliphatic rings. The molecule has 0 N–H and O–H groups in total. The van der Waals surface area contributed by atoms with Crippen LogP contribution in [0.15, 0.2) is 22.7 Å². The number of hydrogen-bond acceptors (Lipinski definition) is 3. The van der Waals surface area contributed by atoms with E-state index in [0.29, 0.717) is 11.3 Å². The lowest BCUT2D eigenvalue weighted by molar-refractivity contribution is 0.0845. The number of methoxy groups -OCH3 is 2. The Morgan fingerprint density at radius 1 is 1.43 bits per heavy atom. The van der Waals surface area contributed by atoms with E-state index in [1.807, 2.05) is 6.07 Å². The maximum atomic E-state index is 11.6. The minimum atomic E-state index is -0.0920. The zero-order valence-electron chi connectivity index (χ0n) is 8.04. The van der Waals surface area contributed by atoms with Crippen molar-refractivity contribution in [2.24, 2.45) is 0 Å².